The van der Waals surface area contributed by atoms with Crippen LogP contribution in [0.25, 0.3) is 22.3 Å². The van der Waals surface area contributed by atoms with Crippen molar-refractivity contribution in [2.24, 2.45) is 11.8 Å². The van der Waals surface area contributed by atoms with E-state index in [4.69, 9.17) is 47.0 Å². The molecule has 0 amide bonds. The van der Waals surface area contributed by atoms with Crippen LogP contribution in [-0.2, 0) is 30.1 Å². The number of rotatable bonds is 12. The summed E-state index contributed by atoms with van der Waals surface area (Å²) >= 11 is 11.9. The molecule has 7 atom stereocenters. The molecule has 1 aliphatic heterocycles. The van der Waals surface area contributed by atoms with Gasteiger partial charge in [0.1, 0.15) is 24.2 Å². The fourth-order valence-corrected chi connectivity index (χ4v) is 7.85. The predicted molar refractivity (Wildman–Crippen MR) is 153 cm³/mol. The lowest BCUT2D eigenvalue weighted by Gasteiger charge is -2.44. The number of hydrogen-bond donors (Lipinski definition) is 3. The maximum absolute atomic E-state index is 12.1. The summed E-state index contributed by atoms with van der Waals surface area (Å²) in [5, 5.41) is 29.6. The molecule has 1 saturated carbocycles. The number of nitrogens with zero attached hydrogens (tertiary/aromatic N) is 8. The molecule has 6 rings (SSSR count). The van der Waals surface area contributed by atoms with Gasteiger partial charge in [0.05, 0.1) is 57.4 Å². The first-order valence-electron chi connectivity index (χ1n) is 13.4. The van der Waals surface area contributed by atoms with Crippen molar-refractivity contribution < 1.29 is 28.5 Å². The fraction of sp³-hybridized carbons (Fsp3) is 0.542. The number of imidazole rings is 2. The number of aromatic amines is 1. The quantitative estimate of drug-likeness (QED) is 0.113. The van der Waals surface area contributed by atoms with Crippen molar-refractivity contribution in [3.05, 3.63) is 40.8 Å². The van der Waals surface area contributed by atoms with Gasteiger partial charge in [-0.25, -0.2) is 24.9 Å². The number of nitriles is 1. The molecule has 0 radical (unpaired) electrons. The summed E-state index contributed by atoms with van der Waals surface area (Å²) in [6.45, 7) is -3.81. The molecule has 4 aromatic rings. The van der Waals surface area contributed by atoms with Crippen LogP contribution in [0.15, 0.2) is 30.1 Å². The van der Waals surface area contributed by atoms with Crippen LogP contribution in [0.1, 0.15) is 31.5 Å². The van der Waals surface area contributed by atoms with Gasteiger partial charge in [-0.05, 0) is 24.1 Å². The van der Waals surface area contributed by atoms with Crippen LogP contribution >= 0.6 is 18.3 Å². The van der Waals surface area contributed by atoms with Crippen LogP contribution < -0.4 is 5.56 Å². The number of aromatic nitrogens is 8. The van der Waals surface area contributed by atoms with Crippen molar-refractivity contribution in [3.63, 3.8) is 0 Å². The van der Waals surface area contributed by atoms with E-state index < -0.39 is 25.2 Å². The van der Waals surface area contributed by atoms with Crippen molar-refractivity contribution >= 4 is 52.5 Å². The van der Waals surface area contributed by atoms with Gasteiger partial charge in [-0.2, -0.15) is 5.26 Å². The Morgan fingerprint density at radius 3 is 2.70 bits per heavy atom. The SMILES string of the molecule is N#CCCOP(=S)(OC[C@H]1C[C@@H](n2cnc3c(Cl)ncnc32)[C@@H]1CO)O[C@H]1C[C@H](n2cnc3c(=O)[nH]cnc32)O[C@@H]1CO. The minimum Gasteiger partial charge on any atom is -0.396 e. The Bertz CT molecular complexity index is 1760. The van der Waals surface area contributed by atoms with E-state index >= 15 is 0 Å². The lowest BCUT2D eigenvalue weighted by atomic mass is 9.70. The molecule has 0 bridgehead atoms. The van der Waals surface area contributed by atoms with Crippen LogP contribution in [0.3, 0.4) is 0 Å². The number of hydrogen-bond acceptors (Lipinski definition) is 14. The fourth-order valence-electron chi connectivity index (χ4n) is 5.50. The van der Waals surface area contributed by atoms with E-state index in [9.17, 15) is 15.0 Å². The monoisotopic (exact) mass is 651 g/mol. The average Bonchev–Trinajstić information content (AvgIpc) is 3.71. The van der Waals surface area contributed by atoms with Crippen molar-refractivity contribution in [1.82, 2.24) is 39.0 Å². The molecule has 1 saturated heterocycles. The number of aliphatic hydroxyl groups excluding tert-OH is 2. The van der Waals surface area contributed by atoms with Crippen LogP contribution in [0.5, 0.6) is 0 Å². The van der Waals surface area contributed by atoms with E-state index in [0.29, 0.717) is 23.2 Å². The van der Waals surface area contributed by atoms with E-state index in [-0.39, 0.29) is 73.4 Å². The zero-order valence-electron chi connectivity index (χ0n) is 22.5. The van der Waals surface area contributed by atoms with Gasteiger partial charge in [-0.1, -0.05) is 11.6 Å². The molecule has 0 aromatic carbocycles. The number of halogens is 1. The molecule has 1 aliphatic carbocycles. The molecule has 4 aromatic heterocycles. The highest BCUT2D eigenvalue weighted by Crippen LogP contribution is 2.56. The molecule has 3 N–H and O–H groups in total. The third kappa shape index (κ3) is 5.82. The van der Waals surface area contributed by atoms with Crippen molar-refractivity contribution in [2.75, 3.05) is 26.4 Å². The highest BCUT2D eigenvalue weighted by Gasteiger charge is 2.45. The summed E-state index contributed by atoms with van der Waals surface area (Å²) in [7, 11) is 0. The Balaban J connectivity index is 1.15. The van der Waals surface area contributed by atoms with Gasteiger partial charge in [0.25, 0.3) is 5.56 Å². The minimum absolute atomic E-state index is 0.00829. The number of H-pyrrole nitrogens is 1. The summed E-state index contributed by atoms with van der Waals surface area (Å²) in [6.07, 6.45) is 4.49. The second kappa shape index (κ2) is 12.6. The van der Waals surface area contributed by atoms with Crippen LogP contribution in [-0.4, -0.2) is 87.9 Å². The Kier molecular flexibility index (Phi) is 8.83. The Morgan fingerprint density at radius 2 is 1.91 bits per heavy atom. The average molecular weight is 652 g/mol. The second-order valence-electron chi connectivity index (χ2n) is 10.1. The molecule has 228 valence electrons. The Labute approximate surface area is 253 Å². The smallest absolute Gasteiger partial charge is 0.327 e. The zero-order valence-corrected chi connectivity index (χ0v) is 24.9. The summed E-state index contributed by atoms with van der Waals surface area (Å²) in [5.41, 5.74) is 1.15. The highest BCUT2D eigenvalue weighted by molar-refractivity contribution is 8.07. The number of nitrogens with one attached hydrogen (secondary N) is 1. The zero-order chi connectivity index (χ0) is 30.1. The molecule has 2 fully saturated rings. The van der Waals surface area contributed by atoms with E-state index in [0.717, 1.165) is 0 Å². The molecule has 0 spiro atoms. The van der Waals surface area contributed by atoms with E-state index in [2.05, 4.69) is 29.9 Å². The van der Waals surface area contributed by atoms with Crippen LogP contribution in [0, 0.1) is 23.2 Å². The van der Waals surface area contributed by atoms with Gasteiger partial charge in [0.2, 0.25) is 0 Å². The van der Waals surface area contributed by atoms with Gasteiger partial charge >= 0.3 is 6.72 Å². The maximum atomic E-state index is 12.1. The summed E-state index contributed by atoms with van der Waals surface area (Å²) in [6, 6.07) is 1.91. The lowest BCUT2D eigenvalue weighted by molar-refractivity contribution is -0.0450. The topological polar surface area (TPSA) is 208 Å². The molecule has 16 nitrogen and oxygen atoms in total. The highest BCUT2D eigenvalue weighted by atomic mass is 35.5. The first-order valence-corrected chi connectivity index (χ1v) is 16.3. The molecule has 43 heavy (non-hydrogen) atoms. The van der Waals surface area contributed by atoms with Crippen molar-refractivity contribution in [1.29, 1.82) is 5.26 Å². The van der Waals surface area contributed by atoms with Gasteiger partial charge < -0.3 is 38.1 Å². The van der Waals surface area contributed by atoms with Gasteiger partial charge in [-0.3, -0.25) is 9.36 Å². The van der Waals surface area contributed by atoms with Gasteiger partial charge in [-0.15, -0.1) is 0 Å². The normalized spacial score (nSPS) is 26.8. The molecule has 5 heterocycles. The van der Waals surface area contributed by atoms with E-state index in [1.165, 1.54) is 19.0 Å². The third-order valence-corrected chi connectivity index (χ3v) is 10.4. The third-order valence-electron chi connectivity index (χ3n) is 7.74. The van der Waals surface area contributed by atoms with E-state index in [1.54, 1.807) is 10.9 Å². The number of fused-ring (bicyclic) bond motifs is 2. The van der Waals surface area contributed by atoms with Crippen LogP contribution in [0.2, 0.25) is 5.15 Å². The largest absolute Gasteiger partial charge is 0.396 e. The predicted octanol–water partition coefficient (Wildman–Crippen LogP) is 1.62. The van der Waals surface area contributed by atoms with Gasteiger partial charge in [0.15, 0.2) is 22.0 Å². The number of aliphatic hydroxyl groups is 2. The molecular weight excluding hydrogens is 625 g/mol. The standard InChI is InChI=1S/C24H27ClN9O7PS/c25-21-19-22(28-9-27-21)33(11-31-19)15-4-13(14(15)6-35)8-39-42(43,38-3-1-2-26)41-16-5-18(40-17(16)7-36)34-12-32-20-23(34)29-10-30-24(20)37/h9-18,35-36H,1,3-8H2,(H,29,30,37)/t13-,14-,15-,16+,17-,18-,42?/m1/s1. The Hall–Kier alpha value is -2.91. The first-order chi connectivity index (χ1) is 20.9. The van der Waals surface area contributed by atoms with Crippen LogP contribution in [0.4, 0.5) is 0 Å². The second-order valence-corrected chi connectivity index (χ2v) is 13.5. The van der Waals surface area contributed by atoms with Crippen molar-refractivity contribution in [2.45, 2.75) is 43.7 Å². The molecular formula is C24H27ClN9O7PS. The van der Waals surface area contributed by atoms with Crippen molar-refractivity contribution in [3.8, 4) is 6.07 Å². The molecule has 2 aliphatic rings. The maximum Gasteiger partial charge on any atom is 0.327 e. The van der Waals surface area contributed by atoms with E-state index in [1.807, 2.05) is 10.6 Å². The summed E-state index contributed by atoms with van der Waals surface area (Å²) in [5.74, 6) is -0.277. The summed E-state index contributed by atoms with van der Waals surface area (Å²) < 4.78 is 27.7. The van der Waals surface area contributed by atoms with Gasteiger partial charge in [0, 0.05) is 25.0 Å². The molecule has 1 unspecified atom stereocenters. The summed E-state index contributed by atoms with van der Waals surface area (Å²) in [4.78, 5) is 35.5. The lowest BCUT2D eigenvalue weighted by Crippen LogP contribution is -2.43. The number of ether oxygens (including phenoxy) is 1. The molecule has 19 heteroatoms. The Morgan fingerprint density at radius 1 is 1.12 bits per heavy atom. The first kappa shape index (κ1) is 30.1. The minimum atomic E-state index is -3.45.